The highest BCUT2D eigenvalue weighted by Crippen LogP contribution is 2.12. The van der Waals surface area contributed by atoms with E-state index >= 15 is 0 Å². The van der Waals surface area contributed by atoms with E-state index in [9.17, 15) is 4.79 Å². The molecular formula is C11H12N2O2. The number of ether oxygens (including phenoxy) is 1. The predicted molar refractivity (Wildman–Crippen MR) is 57.9 cm³/mol. The summed E-state index contributed by atoms with van der Waals surface area (Å²) in [7, 11) is 0. The predicted octanol–water partition coefficient (Wildman–Crippen LogP) is 1.45. The van der Waals surface area contributed by atoms with Gasteiger partial charge in [-0.25, -0.2) is 4.79 Å². The van der Waals surface area contributed by atoms with Gasteiger partial charge in [0.05, 0.1) is 0 Å². The number of amidine groups is 1. The van der Waals surface area contributed by atoms with Crippen molar-refractivity contribution in [2.45, 2.75) is 6.92 Å². The van der Waals surface area contributed by atoms with Gasteiger partial charge in [-0.3, -0.25) is 5.41 Å². The third-order valence-corrected chi connectivity index (χ3v) is 1.69. The summed E-state index contributed by atoms with van der Waals surface area (Å²) in [4.78, 5) is 11.1. The highest BCUT2D eigenvalue weighted by atomic mass is 16.5. The van der Waals surface area contributed by atoms with Crippen molar-refractivity contribution in [1.82, 2.24) is 0 Å². The summed E-state index contributed by atoms with van der Waals surface area (Å²) in [5, 5.41) is 7.17. The third kappa shape index (κ3) is 3.27. The van der Waals surface area contributed by atoms with Gasteiger partial charge in [-0.1, -0.05) is 6.08 Å². The van der Waals surface area contributed by atoms with E-state index in [1.807, 2.05) is 0 Å². The third-order valence-electron chi connectivity index (χ3n) is 1.69. The van der Waals surface area contributed by atoms with Crippen LogP contribution in [0, 0.1) is 5.41 Å². The number of allylic oxidation sites excluding steroid dienone is 1. The summed E-state index contributed by atoms with van der Waals surface area (Å²) < 4.78 is 4.95. The molecule has 78 valence electrons. The average molecular weight is 204 g/mol. The van der Waals surface area contributed by atoms with Crippen molar-refractivity contribution in [2.75, 3.05) is 0 Å². The van der Waals surface area contributed by atoms with Crippen molar-refractivity contribution in [3.05, 3.63) is 42.0 Å². The summed E-state index contributed by atoms with van der Waals surface area (Å²) in [6.45, 7) is 1.74. The van der Waals surface area contributed by atoms with E-state index in [0.717, 1.165) is 0 Å². The smallest absolute Gasteiger partial charge is 0.335 e. The molecule has 0 radical (unpaired) electrons. The number of benzene rings is 1. The van der Waals surface area contributed by atoms with Crippen LogP contribution in [0.25, 0.3) is 0 Å². The van der Waals surface area contributed by atoms with Crippen LogP contribution in [0.4, 0.5) is 0 Å². The maximum atomic E-state index is 11.1. The van der Waals surface area contributed by atoms with Gasteiger partial charge in [0.1, 0.15) is 11.6 Å². The topological polar surface area (TPSA) is 76.2 Å². The molecule has 1 rings (SSSR count). The molecule has 0 aromatic heterocycles. The van der Waals surface area contributed by atoms with Crippen LogP contribution in [-0.2, 0) is 4.79 Å². The lowest BCUT2D eigenvalue weighted by atomic mass is 10.2. The second-order valence-electron chi connectivity index (χ2n) is 2.86. The Labute approximate surface area is 87.9 Å². The molecule has 0 unspecified atom stereocenters. The van der Waals surface area contributed by atoms with Crippen LogP contribution in [0.5, 0.6) is 5.75 Å². The fourth-order valence-corrected chi connectivity index (χ4v) is 0.989. The standard InChI is InChI=1S/C11H12N2O2/c1-2-3-10(14)15-9-6-4-8(5-7-9)11(12)13/h2-7H,1H3,(H3,12,13). The molecule has 0 spiro atoms. The van der Waals surface area contributed by atoms with Gasteiger partial charge in [-0.05, 0) is 31.2 Å². The number of nitrogens with two attached hydrogens (primary N) is 1. The summed E-state index contributed by atoms with van der Waals surface area (Å²) in [5.41, 5.74) is 5.88. The van der Waals surface area contributed by atoms with Crippen LogP contribution in [0.15, 0.2) is 36.4 Å². The molecule has 4 nitrogen and oxygen atoms in total. The second-order valence-corrected chi connectivity index (χ2v) is 2.86. The molecule has 0 amide bonds. The number of esters is 1. The molecule has 0 heterocycles. The van der Waals surface area contributed by atoms with Crippen molar-refractivity contribution in [3.8, 4) is 5.75 Å². The second kappa shape index (κ2) is 4.95. The van der Waals surface area contributed by atoms with E-state index in [0.29, 0.717) is 11.3 Å². The monoisotopic (exact) mass is 204 g/mol. The molecule has 0 aliphatic carbocycles. The van der Waals surface area contributed by atoms with Gasteiger partial charge in [0, 0.05) is 11.6 Å². The zero-order valence-corrected chi connectivity index (χ0v) is 8.36. The van der Waals surface area contributed by atoms with Crippen LogP contribution in [0.1, 0.15) is 12.5 Å². The Bertz CT molecular complexity index is 394. The number of carbonyl (C=O) groups is 1. The van der Waals surface area contributed by atoms with Gasteiger partial charge in [0.15, 0.2) is 0 Å². The van der Waals surface area contributed by atoms with E-state index in [4.69, 9.17) is 15.9 Å². The first kappa shape index (κ1) is 11.0. The Morgan fingerprint density at radius 3 is 2.47 bits per heavy atom. The fourth-order valence-electron chi connectivity index (χ4n) is 0.989. The quantitative estimate of drug-likeness (QED) is 0.257. The largest absolute Gasteiger partial charge is 0.423 e. The number of rotatable bonds is 3. The number of hydrogen-bond acceptors (Lipinski definition) is 3. The lowest BCUT2D eigenvalue weighted by Gasteiger charge is -2.02. The summed E-state index contributed by atoms with van der Waals surface area (Å²) in [5.74, 6) is -0.00231. The van der Waals surface area contributed by atoms with E-state index in [2.05, 4.69) is 0 Å². The lowest BCUT2D eigenvalue weighted by molar-refractivity contribution is -0.128. The molecule has 1 aromatic rings. The zero-order valence-electron chi connectivity index (χ0n) is 8.36. The number of hydrogen-bond donors (Lipinski definition) is 2. The molecule has 0 aliphatic rings. The Hall–Kier alpha value is -2.10. The lowest BCUT2D eigenvalue weighted by Crippen LogP contribution is -2.10. The summed E-state index contributed by atoms with van der Waals surface area (Å²) >= 11 is 0. The normalized spacial score (nSPS) is 10.2. The molecular weight excluding hydrogens is 192 g/mol. The van der Waals surface area contributed by atoms with Crippen LogP contribution >= 0.6 is 0 Å². The van der Waals surface area contributed by atoms with Crippen LogP contribution in [-0.4, -0.2) is 11.8 Å². The van der Waals surface area contributed by atoms with Gasteiger partial charge in [-0.2, -0.15) is 0 Å². The Kier molecular flexibility index (Phi) is 3.62. The number of carbonyl (C=O) groups excluding carboxylic acids is 1. The highest BCUT2D eigenvalue weighted by molar-refractivity contribution is 5.95. The molecule has 0 saturated carbocycles. The van der Waals surface area contributed by atoms with Crippen molar-refractivity contribution < 1.29 is 9.53 Å². The van der Waals surface area contributed by atoms with Gasteiger partial charge >= 0.3 is 5.97 Å². The maximum absolute atomic E-state index is 11.1. The number of nitrogens with one attached hydrogen (secondary N) is 1. The Morgan fingerprint density at radius 2 is 2.00 bits per heavy atom. The van der Waals surface area contributed by atoms with Crippen LogP contribution < -0.4 is 10.5 Å². The Balaban J connectivity index is 2.72. The van der Waals surface area contributed by atoms with Gasteiger partial charge in [0.25, 0.3) is 0 Å². The molecule has 4 heteroatoms. The van der Waals surface area contributed by atoms with Crippen molar-refractivity contribution in [2.24, 2.45) is 5.73 Å². The van der Waals surface area contributed by atoms with Gasteiger partial charge in [-0.15, -0.1) is 0 Å². The maximum Gasteiger partial charge on any atom is 0.335 e. The minimum atomic E-state index is -0.423. The Morgan fingerprint density at radius 1 is 1.40 bits per heavy atom. The molecule has 3 N–H and O–H groups in total. The van der Waals surface area contributed by atoms with E-state index in [-0.39, 0.29) is 5.84 Å². The van der Waals surface area contributed by atoms with Crippen molar-refractivity contribution >= 4 is 11.8 Å². The van der Waals surface area contributed by atoms with E-state index in [1.54, 1.807) is 37.3 Å². The van der Waals surface area contributed by atoms with Gasteiger partial charge < -0.3 is 10.5 Å². The SMILES string of the molecule is CC=CC(=O)Oc1ccc(C(=N)N)cc1. The van der Waals surface area contributed by atoms with Crippen LogP contribution in [0.2, 0.25) is 0 Å². The molecule has 0 saturated heterocycles. The van der Waals surface area contributed by atoms with Gasteiger partial charge in [0.2, 0.25) is 0 Å². The summed E-state index contributed by atoms with van der Waals surface area (Å²) in [6, 6.07) is 6.44. The zero-order chi connectivity index (χ0) is 11.3. The molecule has 0 aliphatic heterocycles. The fraction of sp³-hybridized carbons (Fsp3) is 0.0909. The molecule has 15 heavy (non-hydrogen) atoms. The average Bonchev–Trinajstić information content (AvgIpc) is 2.18. The van der Waals surface area contributed by atoms with Crippen molar-refractivity contribution in [3.63, 3.8) is 0 Å². The minimum absolute atomic E-state index is 0.0127. The first-order chi connectivity index (χ1) is 7.13. The first-order valence-corrected chi connectivity index (χ1v) is 4.42. The summed E-state index contributed by atoms with van der Waals surface area (Å²) in [6.07, 6.45) is 2.94. The molecule has 0 atom stereocenters. The molecule has 0 fully saturated rings. The van der Waals surface area contributed by atoms with E-state index in [1.165, 1.54) is 6.08 Å². The highest BCUT2D eigenvalue weighted by Gasteiger charge is 2.00. The number of nitrogen functional groups attached to an aromatic ring is 1. The van der Waals surface area contributed by atoms with Crippen LogP contribution in [0.3, 0.4) is 0 Å². The van der Waals surface area contributed by atoms with E-state index < -0.39 is 5.97 Å². The first-order valence-electron chi connectivity index (χ1n) is 4.42. The molecule has 1 aromatic carbocycles. The molecule has 0 bridgehead atoms. The minimum Gasteiger partial charge on any atom is -0.423 e. The van der Waals surface area contributed by atoms with Crippen molar-refractivity contribution in [1.29, 1.82) is 5.41 Å².